The number of aryl methyl sites for hydroxylation is 1. The summed E-state index contributed by atoms with van der Waals surface area (Å²) in [5.41, 5.74) is 9.47. The molecule has 4 aromatic rings. The number of anilines is 1. The van der Waals surface area contributed by atoms with Gasteiger partial charge in [0.15, 0.2) is 5.58 Å². The van der Waals surface area contributed by atoms with Crippen molar-refractivity contribution in [2.75, 3.05) is 18.4 Å². The van der Waals surface area contributed by atoms with E-state index >= 15 is 0 Å². The van der Waals surface area contributed by atoms with Gasteiger partial charge in [0, 0.05) is 30.1 Å². The Bertz CT molecular complexity index is 1130. The minimum Gasteiger partial charge on any atom is -0.481 e. The molecule has 0 atom stereocenters. The van der Waals surface area contributed by atoms with Gasteiger partial charge in [-0.05, 0) is 31.2 Å². The van der Waals surface area contributed by atoms with Crippen molar-refractivity contribution in [2.24, 2.45) is 5.73 Å². The lowest BCUT2D eigenvalue weighted by atomic mass is 10.1. The first-order valence-electron chi connectivity index (χ1n) is 9.68. The predicted octanol–water partition coefficient (Wildman–Crippen LogP) is 2.99. The van der Waals surface area contributed by atoms with Crippen LogP contribution in [0.15, 0.2) is 53.3 Å². The van der Waals surface area contributed by atoms with Crippen LogP contribution < -0.4 is 11.1 Å². The summed E-state index contributed by atoms with van der Waals surface area (Å²) in [5, 5.41) is 16.4. The lowest BCUT2D eigenvalue weighted by Gasteiger charge is -2.10. The summed E-state index contributed by atoms with van der Waals surface area (Å²) < 4.78 is 7.57. The van der Waals surface area contributed by atoms with Gasteiger partial charge in [-0.15, -0.1) is 0 Å². The molecule has 9 nitrogen and oxygen atoms in total. The largest absolute Gasteiger partial charge is 0.481 e. The fraction of sp³-hybridized carbons (Fsp3) is 0.238. The lowest BCUT2D eigenvalue weighted by Crippen LogP contribution is -2.10. The van der Waals surface area contributed by atoms with E-state index in [9.17, 15) is 4.79 Å². The van der Waals surface area contributed by atoms with Gasteiger partial charge in [-0.3, -0.25) is 9.48 Å². The van der Waals surface area contributed by atoms with E-state index in [1.54, 1.807) is 23.3 Å². The molecule has 3 aromatic heterocycles. The van der Waals surface area contributed by atoms with E-state index in [0.717, 1.165) is 28.6 Å². The average Bonchev–Trinajstić information content (AvgIpc) is 3.39. The smallest absolute Gasteiger partial charge is 0.305 e. The van der Waals surface area contributed by atoms with Gasteiger partial charge in [0.2, 0.25) is 5.89 Å². The van der Waals surface area contributed by atoms with Crippen molar-refractivity contribution < 1.29 is 14.3 Å². The van der Waals surface area contributed by atoms with Crippen molar-refractivity contribution in [1.82, 2.24) is 19.7 Å². The van der Waals surface area contributed by atoms with Crippen LogP contribution in [0.4, 0.5) is 5.82 Å². The minimum absolute atomic E-state index is 0.0114. The molecule has 0 fully saturated rings. The molecule has 0 aliphatic rings. The summed E-state index contributed by atoms with van der Waals surface area (Å²) in [5.74, 6) is 0.274. The molecule has 0 unspecified atom stereocenters. The second kappa shape index (κ2) is 8.75. The summed E-state index contributed by atoms with van der Waals surface area (Å²) in [4.78, 5) is 20.0. The molecule has 0 aliphatic carbocycles. The number of para-hydroxylation sites is 2. The summed E-state index contributed by atoms with van der Waals surface area (Å²) in [6, 6.07) is 9.53. The summed E-state index contributed by atoms with van der Waals surface area (Å²) in [6.07, 6.45) is 6.06. The van der Waals surface area contributed by atoms with Gasteiger partial charge in [-0.2, -0.15) is 5.10 Å². The van der Waals surface area contributed by atoms with Gasteiger partial charge in [0.1, 0.15) is 11.3 Å². The van der Waals surface area contributed by atoms with Crippen LogP contribution in [0.3, 0.4) is 0 Å². The highest BCUT2D eigenvalue weighted by molar-refractivity contribution is 5.81. The highest BCUT2D eigenvalue weighted by atomic mass is 16.4. The summed E-state index contributed by atoms with van der Waals surface area (Å²) >= 11 is 0. The van der Waals surface area contributed by atoms with Crippen molar-refractivity contribution in [2.45, 2.75) is 19.4 Å². The normalized spacial score (nSPS) is 11.1. The number of nitrogens with one attached hydrogen (secondary N) is 1. The minimum atomic E-state index is -0.861. The Morgan fingerprint density at radius 3 is 2.90 bits per heavy atom. The second-order valence-electron chi connectivity index (χ2n) is 6.81. The molecule has 0 aliphatic heterocycles. The second-order valence-corrected chi connectivity index (χ2v) is 6.81. The third-order valence-corrected chi connectivity index (χ3v) is 4.61. The number of benzene rings is 1. The Kier molecular flexibility index (Phi) is 5.71. The molecule has 30 heavy (non-hydrogen) atoms. The van der Waals surface area contributed by atoms with Crippen molar-refractivity contribution in [3.05, 3.63) is 48.9 Å². The molecular formula is C21H22N6O3. The first kappa shape index (κ1) is 19.6. The number of oxazole rings is 1. The first-order valence-corrected chi connectivity index (χ1v) is 9.68. The van der Waals surface area contributed by atoms with Crippen LogP contribution in [-0.4, -0.2) is 43.9 Å². The molecule has 4 N–H and O–H groups in total. The van der Waals surface area contributed by atoms with E-state index < -0.39 is 5.97 Å². The number of carboxylic acids is 1. The number of hydrogen-bond donors (Lipinski definition) is 3. The maximum atomic E-state index is 10.8. The van der Waals surface area contributed by atoms with E-state index in [0.29, 0.717) is 36.9 Å². The van der Waals surface area contributed by atoms with Gasteiger partial charge in [0.05, 0.1) is 24.7 Å². The van der Waals surface area contributed by atoms with Crippen molar-refractivity contribution in [1.29, 1.82) is 0 Å². The summed E-state index contributed by atoms with van der Waals surface area (Å²) in [6.45, 7) is 1.57. The van der Waals surface area contributed by atoms with E-state index in [1.165, 1.54) is 0 Å². The topological polar surface area (TPSA) is 132 Å². The molecule has 0 spiro atoms. The number of aliphatic carboxylic acids is 1. The Labute approximate surface area is 172 Å². The molecule has 4 rings (SSSR count). The fourth-order valence-corrected chi connectivity index (χ4v) is 3.07. The van der Waals surface area contributed by atoms with Crippen LogP contribution in [0.2, 0.25) is 0 Å². The third-order valence-electron chi connectivity index (χ3n) is 4.61. The van der Waals surface area contributed by atoms with Crippen LogP contribution in [-0.2, 0) is 11.3 Å². The molecule has 154 valence electrons. The number of carboxylic acid groups (broad SMARTS) is 1. The molecule has 0 saturated carbocycles. The van der Waals surface area contributed by atoms with Gasteiger partial charge in [-0.25, -0.2) is 9.97 Å². The van der Waals surface area contributed by atoms with Crippen LogP contribution in [0, 0.1) is 0 Å². The molecule has 9 heteroatoms. The highest BCUT2D eigenvalue weighted by Gasteiger charge is 2.16. The number of aromatic nitrogens is 4. The van der Waals surface area contributed by atoms with Crippen LogP contribution in [0.25, 0.3) is 33.7 Å². The van der Waals surface area contributed by atoms with Crippen LogP contribution in [0.1, 0.15) is 12.8 Å². The number of nitrogens with two attached hydrogens (primary N) is 1. The molecule has 1 aromatic carbocycles. The number of nitrogens with zero attached hydrogens (tertiary/aromatic N) is 4. The Morgan fingerprint density at radius 1 is 1.23 bits per heavy atom. The SMILES string of the molecule is NCCCNc1ncc(-c2cnn(CCC(=O)O)c2)cc1-c1nc2ccccc2o1. The van der Waals surface area contributed by atoms with Crippen molar-refractivity contribution in [3.63, 3.8) is 0 Å². The number of carbonyl (C=O) groups is 1. The molecule has 3 heterocycles. The number of hydrogen-bond acceptors (Lipinski definition) is 7. The molecule has 0 saturated heterocycles. The monoisotopic (exact) mass is 406 g/mol. The molecule has 0 radical (unpaired) electrons. The quantitative estimate of drug-likeness (QED) is 0.361. The van der Waals surface area contributed by atoms with Crippen LogP contribution >= 0.6 is 0 Å². The van der Waals surface area contributed by atoms with E-state index in [2.05, 4.69) is 20.4 Å². The third kappa shape index (κ3) is 4.31. The average molecular weight is 406 g/mol. The first-order chi connectivity index (χ1) is 14.6. The Balaban J connectivity index is 1.69. The maximum absolute atomic E-state index is 10.8. The summed E-state index contributed by atoms with van der Waals surface area (Å²) in [7, 11) is 0. The lowest BCUT2D eigenvalue weighted by molar-refractivity contribution is -0.137. The Morgan fingerprint density at radius 2 is 2.10 bits per heavy atom. The highest BCUT2D eigenvalue weighted by Crippen LogP contribution is 2.32. The zero-order valence-corrected chi connectivity index (χ0v) is 16.3. The van der Waals surface area contributed by atoms with E-state index in [-0.39, 0.29) is 6.42 Å². The van der Waals surface area contributed by atoms with Gasteiger partial charge < -0.3 is 20.6 Å². The van der Waals surface area contributed by atoms with E-state index in [4.69, 9.17) is 15.3 Å². The number of rotatable bonds is 9. The maximum Gasteiger partial charge on any atom is 0.305 e. The molecular weight excluding hydrogens is 384 g/mol. The van der Waals surface area contributed by atoms with E-state index in [1.807, 2.05) is 30.3 Å². The zero-order valence-electron chi connectivity index (χ0n) is 16.3. The molecule has 0 amide bonds. The Hall–Kier alpha value is -3.72. The number of pyridine rings is 1. The standard InChI is InChI=1S/C21H22N6O3/c22-7-3-8-23-20-16(21-26-17-4-1-2-5-18(17)30-21)10-14(11-24-20)15-12-25-27(13-15)9-6-19(28)29/h1-2,4-5,10-13H,3,6-9,22H2,(H,23,24)(H,28,29). The van der Waals surface area contributed by atoms with Gasteiger partial charge in [0.25, 0.3) is 0 Å². The fourth-order valence-electron chi connectivity index (χ4n) is 3.07. The molecule has 0 bridgehead atoms. The van der Waals surface area contributed by atoms with Gasteiger partial charge >= 0.3 is 5.97 Å². The van der Waals surface area contributed by atoms with Crippen molar-refractivity contribution in [3.8, 4) is 22.6 Å². The van der Waals surface area contributed by atoms with Crippen LogP contribution in [0.5, 0.6) is 0 Å². The zero-order chi connectivity index (χ0) is 20.9. The van der Waals surface area contributed by atoms with Gasteiger partial charge in [-0.1, -0.05) is 12.1 Å². The van der Waals surface area contributed by atoms with Crippen molar-refractivity contribution >= 4 is 22.9 Å². The number of fused-ring (bicyclic) bond motifs is 1. The predicted molar refractivity (Wildman–Crippen MR) is 113 cm³/mol.